The molecule has 1 saturated heterocycles. The number of rotatable bonds is 3. The van der Waals surface area contributed by atoms with Crippen LogP contribution in [-0.2, 0) is 9.59 Å². The van der Waals surface area contributed by atoms with Gasteiger partial charge in [-0.2, -0.15) is 0 Å². The van der Waals surface area contributed by atoms with E-state index in [2.05, 4.69) is 15.3 Å². The maximum Gasteiger partial charge on any atom is 0.308 e. The fourth-order valence-corrected chi connectivity index (χ4v) is 1.13. The average Bonchev–Trinajstić information content (AvgIpc) is 2.09. The minimum atomic E-state index is -1.02. The molecule has 0 aromatic heterocycles. The van der Waals surface area contributed by atoms with E-state index in [0.717, 1.165) is 0 Å². The highest BCUT2D eigenvalue weighted by molar-refractivity contribution is 5.91. The lowest BCUT2D eigenvalue weighted by molar-refractivity contribution is -0.145. The van der Waals surface area contributed by atoms with Gasteiger partial charge in [-0.15, -0.1) is 0 Å². The number of carbonyl (C=O) groups excluding carboxylic acids is 1. The standard InChI is InChI=1S/C6H8N4O3/c1-2(6(12)13)3-4(9-10-7)5(11)8-3/h2-4H,1H3,(H,8,11)(H,12,13)/t2-,3+,4-/m0/s1. The van der Waals surface area contributed by atoms with E-state index in [4.69, 9.17) is 10.6 Å². The summed E-state index contributed by atoms with van der Waals surface area (Å²) < 4.78 is 0. The molecule has 7 nitrogen and oxygen atoms in total. The molecule has 1 amide bonds. The van der Waals surface area contributed by atoms with Gasteiger partial charge in [-0.1, -0.05) is 5.11 Å². The van der Waals surface area contributed by atoms with Crippen LogP contribution >= 0.6 is 0 Å². The Bertz CT molecular complexity index is 294. The fraction of sp³-hybridized carbons (Fsp3) is 0.667. The van der Waals surface area contributed by atoms with E-state index in [0.29, 0.717) is 0 Å². The Morgan fingerprint density at radius 2 is 2.46 bits per heavy atom. The second kappa shape index (κ2) is 3.32. The van der Waals surface area contributed by atoms with Crippen molar-refractivity contribution in [1.29, 1.82) is 0 Å². The van der Waals surface area contributed by atoms with Crippen molar-refractivity contribution in [2.75, 3.05) is 0 Å². The Labute approximate surface area is 73.4 Å². The summed E-state index contributed by atoms with van der Waals surface area (Å²) in [7, 11) is 0. The minimum absolute atomic E-state index is 0.420. The lowest BCUT2D eigenvalue weighted by atomic mass is 9.88. The van der Waals surface area contributed by atoms with Crippen LogP contribution in [0.25, 0.3) is 10.4 Å². The van der Waals surface area contributed by atoms with Gasteiger partial charge in [-0.25, -0.2) is 0 Å². The third kappa shape index (κ3) is 1.54. The summed E-state index contributed by atoms with van der Waals surface area (Å²) in [6.07, 6.45) is 0. The summed E-state index contributed by atoms with van der Waals surface area (Å²) in [6.45, 7) is 1.45. The van der Waals surface area contributed by atoms with Gasteiger partial charge in [-0.3, -0.25) is 9.59 Å². The summed E-state index contributed by atoms with van der Waals surface area (Å²) in [5.74, 6) is -2.19. The van der Waals surface area contributed by atoms with Crippen molar-refractivity contribution < 1.29 is 14.7 Å². The van der Waals surface area contributed by atoms with Crippen molar-refractivity contribution in [3.8, 4) is 0 Å². The van der Waals surface area contributed by atoms with E-state index >= 15 is 0 Å². The maximum absolute atomic E-state index is 10.8. The van der Waals surface area contributed by atoms with E-state index < -0.39 is 29.9 Å². The molecule has 1 heterocycles. The lowest BCUT2D eigenvalue weighted by Crippen LogP contribution is -2.65. The molecular formula is C6H8N4O3. The summed E-state index contributed by atoms with van der Waals surface area (Å²) in [6, 6.07) is -1.46. The van der Waals surface area contributed by atoms with Crippen LogP contribution in [0.1, 0.15) is 6.92 Å². The van der Waals surface area contributed by atoms with E-state index in [1.165, 1.54) is 6.92 Å². The molecule has 2 N–H and O–H groups in total. The molecule has 0 aromatic rings. The van der Waals surface area contributed by atoms with E-state index in [9.17, 15) is 9.59 Å². The van der Waals surface area contributed by atoms with Gasteiger partial charge >= 0.3 is 5.97 Å². The predicted octanol–water partition coefficient (Wildman–Crippen LogP) is -0.116. The molecule has 7 heteroatoms. The van der Waals surface area contributed by atoms with E-state index in [1.54, 1.807) is 0 Å². The molecule has 3 atom stereocenters. The number of carboxylic acid groups (broad SMARTS) is 1. The first kappa shape index (κ1) is 9.34. The first-order chi connectivity index (χ1) is 6.07. The predicted molar refractivity (Wildman–Crippen MR) is 41.7 cm³/mol. The first-order valence-electron chi connectivity index (χ1n) is 3.65. The molecule has 0 bridgehead atoms. The van der Waals surface area contributed by atoms with Crippen LogP contribution in [0, 0.1) is 5.92 Å². The van der Waals surface area contributed by atoms with Crippen LogP contribution in [-0.4, -0.2) is 29.1 Å². The molecule has 0 spiro atoms. The molecule has 1 aliphatic rings. The zero-order valence-electron chi connectivity index (χ0n) is 6.84. The molecule has 0 radical (unpaired) electrons. The van der Waals surface area contributed by atoms with Crippen molar-refractivity contribution in [2.24, 2.45) is 11.0 Å². The van der Waals surface area contributed by atoms with Crippen molar-refractivity contribution in [3.05, 3.63) is 10.4 Å². The smallest absolute Gasteiger partial charge is 0.308 e. The highest BCUT2D eigenvalue weighted by atomic mass is 16.4. The first-order valence-corrected chi connectivity index (χ1v) is 3.65. The van der Waals surface area contributed by atoms with Gasteiger partial charge in [0.05, 0.1) is 12.0 Å². The number of carboxylic acids is 1. The van der Waals surface area contributed by atoms with Gasteiger partial charge in [0.1, 0.15) is 6.04 Å². The number of nitrogens with zero attached hydrogens (tertiary/aromatic N) is 3. The zero-order valence-corrected chi connectivity index (χ0v) is 6.84. The Hall–Kier alpha value is -1.75. The molecule has 0 saturated carbocycles. The highest BCUT2D eigenvalue weighted by Gasteiger charge is 2.44. The Morgan fingerprint density at radius 1 is 1.85 bits per heavy atom. The summed E-state index contributed by atoms with van der Waals surface area (Å²) in [5, 5.41) is 14.2. The number of amides is 1. The normalized spacial score (nSPS) is 27.9. The molecule has 1 rings (SSSR count). The van der Waals surface area contributed by atoms with Crippen LogP contribution in [0.15, 0.2) is 5.11 Å². The number of β-lactam (4-membered cyclic amide) rings is 1. The van der Waals surface area contributed by atoms with Gasteiger partial charge in [-0.05, 0) is 12.5 Å². The zero-order chi connectivity index (χ0) is 10.0. The molecule has 0 unspecified atom stereocenters. The second-order valence-corrected chi connectivity index (χ2v) is 2.81. The number of aliphatic carboxylic acids is 1. The van der Waals surface area contributed by atoms with Crippen molar-refractivity contribution in [3.63, 3.8) is 0 Å². The third-order valence-electron chi connectivity index (χ3n) is 2.02. The quantitative estimate of drug-likeness (QED) is 0.275. The number of hydrogen-bond acceptors (Lipinski definition) is 3. The Morgan fingerprint density at radius 3 is 2.85 bits per heavy atom. The van der Waals surface area contributed by atoms with Crippen LogP contribution in [0.3, 0.4) is 0 Å². The average molecular weight is 184 g/mol. The number of nitrogens with one attached hydrogen (secondary N) is 1. The SMILES string of the molecule is C[C@H](C(=O)O)[C@H]1NC(=O)[C@H]1N=[N+]=[N-]. The lowest BCUT2D eigenvalue weighted by Gasteiger charge is -2.35. The third-order valence-corrected chi connectivity index (χ3v) is 2.02. The van der Waals surface area contributed by atoms with E-state index in [-0.39, 0.29) is 0 Å². The summed E-state index contributed by atoms with van der Waals surface area (Å²) in [4.78, 5) is 23.8. The maximum atomic E-state index is 10.8. The van der Waals surface area contributed by atoms with Crippen molar-refractivity contribution in [1.82, 2.24) is 5.32 Å². The van der Waals surface area contributed by atoms with Crippen LogP contribution < -0.4 is 5.32 Å². The van der Waals surface area contributed by atoms with Crippen LogP contribution in [0.2, 0.25) is 0 Å². The minimum Gasteiger partial charge on any atom is -0.481 e. The van der Waals surface area contributed by atoms with Crippen molar-refractivity contribution in [2.45, 2.75) is 19.0 Å². The van der Waals surface area contributed by atoms with Gasteiger partial charge in [0.15, 0.2) is 0 Å². The molecule has 70 valence electrons. The molecular weight excluding hydrogens is 176 g/mol. The Balaban J connectivity index is 2.69. The molecule has 1 aliphatic heterocycles. The molecule has 0 aliphatic carbocycles. The number of carbonyl (C=O) groups is 2. The van der Waals surface area contributed by atoms with Crippen LogP contribution in [0.4, 0.5) is 0 Å². The second-order valence-electron chi connectivity index (χ2n) is 2.81. The molecule has 1 fully saturated rings. The largest absolute Gasteiger partial charge is 0.481 e. The monoisotopic (exact) mass is 184 g/mol. The topological polar surface area (TPSA) is 115 Å². The fourth-order valence-electron chi connectivity index (χ4n) is 1.13. The summed E-state index contributed by atoms with van der Waals surface area (Å²) in [5.41, 5.74) is 8.09. The van der Waals surface area contributed by atoms with Gasteiger partial charge in [0.2, 0.25) is 5.91 Å². The van der Waals surface area contributed by atoms with E-state index in [1.807, 2.05) is 0 Å². The van der Waals surface area contributed by atoms with Gasteiger partial charge in [0, 0.05) is 4.91 Å². The van der Waals surface area contributed by atoms with Gasteiger partial charge < -0.3 is 10.4 Å². The van der Waals surface area contributed by atoms with Crippen molar-refractivity contribution >= 4 is 11.9 Å². The molecule has 13 heavy (non-hydrogen) atoms. The summed E-state index contributed by atoms with van der Waals surface area (Å²) >= 11 is 0. The van der Waals surface area contributed by atoms with Gasteiger partial charge in [0.25, 0.3) is 0 Å². The Kier molecular flexibility index (Phi) is 2.39. The number of azide groups is 1. The highest BCUT2D eigenvalue weighted by Crippen LogP contribution is 2.19. The number of hydrogen-bond donors (Lipinski definition) is 2. The van der Waals surface area contributed by atoms with Crippen LogP contribution in [0.5, 0.6) is 0 Å². The molecule has 0 aromatic carbocycles.